The summed E-state index contributed by atoms with van der Waals surface area (Å²) in [6.07, 6.45) is 2.90. The van der Waals surface area contributed by atoms with Gasteiger partial charge < -0.3 is 5.32 Å². The molecule has 0 spiro atoms. The Morgan fingerprint density at radius 3 is 2.75 bits per heavy atom. The first-order valence-electron chi connectivity index (χ1n) is 4.45. The third-order valence-electron chi connectivity index (χ3n) is 3.02. The third kappa shape index (κ3) is 1.33. The number of piperidine rings is 1. The fourth-order valence-corrected chi connectivity index (χ4v) is 2.11. The lowest BCUT2D eigenvalue weighted by Gasteiger charge is -2.39. The van der Waals surface area contributed by atoms with Crippen LogP contribution in [0.1, 0.15) is 20.3 Å². The van der Waals surface area contributed by atoms with Gasteiger partial charge in [-0.05, 0) is 19.3 Å². The van der Waals surface area contributed by atoms with E-state index < -0.39 is 0 Å². The van der Waals surface area contributed by atoms with Crippen molar-refractivity contribution in [1.29, 1.82) is 0 Å². The van der Waals surface area contributed by atoms with Gasteiger partial charge in [0, 0.05) is 16.3 Å². The minimum atomic E-state index is -0.230. The van der Waals surface area contributed by atoms with Crippen molar-refractivity contribution < 1.29 is 4.79 Å². The standard InChI is InChI=1S/C9H17NOSi/c1-4-9(12)6(2)5-7(3)10-8(9)11/h4,6-7H,1,5H2,2-3,12H3,(H,10,11). The zero-order valence-corrected chi connectivity index (χ0v) is 10.1. The van der Waals surface area contributed by atoms with Gasteiger partial charge in [0.25, 0.3) is 0 Å². The molecule has 1 rings (SSSR count). The fourth-order valence-electron chi connectivity index (χ4n) is 1.73. The molecule has 1 fully saturated rings. The monoisotopic (exact) mass is 183 g/mol. The molecule has 12 heavy (non-hydrogen) atoms. The largest absolute Gasteiger partial charge is 0.353 e. The Hall–Kier alpha value is -0.573. The highest BCUT2D eigenvalue weighted by Crippen LogP contribution is 2.39. The molecule has 1 aliphatic rings. The Bertz CT molecular complexity index is 217. The minimum Gasteiger partial charge on any atom is -0.353 e. The van der Waals surface area contributed by atoms with Crippen molar-refractivity contribution >= 4 is 16.1 Å². The SMILES string of the molecule is C=CC1([SiH3])C(=O)NC(C)CC1C. The van der Waals surface area contributed by atoms with Crippen LogP contribution in [0.25, 0.3) is 0 Å². The van der Waals surface area contributed by atoms with Gasteiger partial charge in [0.2, 0.25) is 5.91 Å². The van der Waals surface area contributed by atoms with Crippen LogP contribution in [0.15, 0.2) is 12.7 Å². The van der Waals surface area contributed by atoms with Crippen molar-refractivity contribution in [2.45, 2.75) is 31.3 Å². The van der Waals surface area contributed by atoms with Crippen LogP contribution in [-0.2, 0) is 4.79 Å². The van der Waals surface area contributed by atoms with E-state index in [0.717, 1.165) is 16.7 Å². The van der Waals surface area contributed by atoms with Crippen molar-refractivity contribution in [3.05, 3.63) is 12.7 Å². The second-order valence-electron chi connectivity index (χ2n) is 4.00. The first-order valence-corrected chi connectivity index (χ1v) is 5.45. The summed E-state index contributed by atoms with van der Waals surface area (Å²) in [5, 5.41) is 2.75. The zero-order valence-electron chi connectivity index (χ0n) is 8.05. The van der Waals surface area contributed by atoms with Crippen LogP contribution in [0, 0.1) is 5.92 Å². The van der Waals surface area contributed by atoms with Gasteiger partial charge in [-0.25, -0.2) is 0 Å². The summed E-state index contributed by atoms with van der Waals surface area (Å²) >= 11 is 0. The van der Waals surface area contributed by atoms with Crippen molar-refractivity contribution in [3.8, 4) is 0 Å². The molecule has 0 aromatic heterocycles. The van der Waals surface area contributed by atoms with E-state index in [2.05, 4.69) is 25.7 Å². The number of nitrogens with one attached hydrogen (secondary N) is 1. The predicted octanol–water partition coefficient (Wildman–Crippen LogP) is 0.241. The van der Waals surface area contributed by atoms with Gasteiger partial charge in [0.1, 0.15) is 0 Å². The maximum Gasteiger partial charge on any atom is 0.226 e. The molecular formula is C9H17NOSi. The predicted molar refractivity (Wildman–Crippen MR) is 54.2 cm³/mol. The normalized spacial score (nSPS) is 42.3. The zero-order chi connectivity index (χ0) is 9.35. The van der Waals surface area contributed by atoms with Crippen LogP contribution < -0.4 is 5.32 Å². The Balaban J connectivity index is 2.87. The molecule has 0 radical (unpaired) electrons. The number of carbonyl (C=O) groups is 1. The molecule has 68 valence electrons. The number of hydrogen-bond acceptors (Lipinski definition) is 1. The number of rotatable bonds is 1. The molecule has 1 N–H and O–H groups in total. The van der Waals surface area contributed by atoms with E-state index in [1.807, 2.05) is 6.08 Å². The molecule has 0 saturated carbocycles. The second-order valence-corrected chi connectivity index (χ2v) is 5.65. The molecule has 3 atom stereocenters. The van der Waals surface area contributed by atoms with Crippen LogP contribution in [0.2, 0.25) is 5.04 Å². The number of hydrogen-bond donors (Lipinski definition) is 1. The van der Waals surface area contributed by atoms with Gasteiger partial charge in [0.05, 0.1) is 5.04 Å². The van der Waals surface area contributed by atoms with Gasteiger partial charge in [0.15, 0.2) is 0 Å². The van der Waals surface area contributed by atoms with Crippen molar-refractivity contribution in [1.82, 2.24) is 5.32 Å². The maximum absolute atomic E-state index is 11.6. The quantitative estimate of drug-likeness (QED) is 0.458. The van der Waals surface area contributed by atoms with Crippen LogP contribution in [-0.4, -0.2) is 22.2 Å². The van der Waals surface area contributed by atoms with E-state index in [-0.39, 0.29) is 10.9 Å². The molecule has 1 heterocycles. The highest BCUT2D eigenvalue weighted by Gasteiger charge is 2.40. The van der Waals surface area contributed by atoms with Crippen LogP contribution in [0.5, 0.6) is 0 Å². The highest BCUT2D eigenvalue weighted by molar-refractivity contribution is 6.30. The first-order chi connectivity index (χ1) is 5.50. The summed E-state index contributed by atoms with van der Waals surface area (Å²) in [5.41, 5.74) is 0. The highest BCUT2D eigenvalue weighted by atomic mass is 28.1. The topological polar surface area (TPSA) is 29.1 Å². The summed E-state index contributed by atoms with van der Waals surface area (Å²) in [6, 6.07) is 0.328. The summed E-state index contributed by atoms with van der Waals surface area (Å²) in [4.78, 5) is 11.6. The Morgan fingerprint density at radius 2 is 2.33 bits per heavy atom. The molecular weight excluding hydrogens is 166 g/mol. The van der Waals surface area contributed by atoms with Gasteiger partial charge in [-0.3, -0.25) is 4.79 Å². The van der Waals surface area contributed by atoms with E-state index in [1.165, 1.54) is 0 Å². The summed E-state index contributed by atoms with van der Waals surface area (Å²) in [7, 11) is 0.859. The summed E-state index contributed by atoms with van der Waals surface area (Å²) in [6.45, 7) is 7.95. The fraction of sp³-hybridized carbons (Fsp3) is 0.667. The van der Waals surface area contributed by atoms with Crippen molar-refractivity contribution in [2.75, 3.05) is 0 Å². The number of amides is 1. The summed E-state index contributed by atoms with van der Waals surface area (Å²) in [5.74, 6) is 0.626. The minimum absolute atomic E-state index is 0.176. The Morgan fingerprint density at radius 1 is 1.75 bits per heavy atom. The number of carbonyl (C=O) groups excluding carboxylic acids is 1. The van der Waals surface area contributed by atoms with Crippen LogP contribution in [0.4, 0.5) is 0 Å². The maximum atomic E-state index is 11.6. The molecule has 3 heteroatoms. The lowest BCUT2D eigenvalue weighted by molar-refractivity contribution is -0.126. The average molecular weight is 183 g/mol. The second kappa shape index (κ2) is 3.05. The molecule has 1 amide bonds. The lowest BCUT2D eigenvalue weighted by Crippen LogP contribution is -2.49. The molecule has 3 unspecified atom stereocenters. The van der Waals surface area contributed by atoms with E-state index >= 15 is 0 Å². The summed E-state index contributed by atoms with van der Waals surface area (Å²) < 4.78 is 0. The van der Waals surface area contributed by atoms with Gasteiger partial charge in [-0.15, -0.1) is 6.58 Å². The Labute approximate surface area is 76.8 Å². The van der Waals surface area contributed by atoms with E-state index in [9.17, 15) is 4.79 Å². The first kappa shape index (κ1) is 9.51. The lowest BCUT2D eigenvalue weighted by atomic mass is 9.83. The molecule has 1 aliphatic heterocycles. The van der Waals surface area contributed by atoms with Crippen molar-refractivity contribution in [2.24, 2.45) is 5.92 Å². The van der Waals surface area contributed by atoms with E-state index in [4.69, 9.17) is 0 Å². The van der Waals surface area contributed by atoms with Gasteiger partial charge in [-0.2, -0.15) is 0 Å². The van der Waals surface area contributed by atoms with Gasteiger partial charge >= 0.3 is 0 Å². The van der Waals surface area contributed by atoms with Crippen LogP contribution in [0.3, 0.4) is 0 Å². The average Bonchev–Trinajstić information content (AvgIpc) is 2.00. The molecule has 0 aromatic rings. The Kier molecular flexibility index (Phi) is 2.42. The smallest absolute Gasteiger partial charge is 0.226 e. The van der Waals surface area contributed by atoms with Crippen molar-refractivity contribution in [3.63, 3.8) is 0 Å². The molecule has 0 aliphatic carbocycles. The molecule has 0 aromatic carbocycles. The van der Waals surface area contributed by atoms with E-state index in [1.54, 1.807) is 0 Å². The van der Waals surface area contributed by atoms with Crippen LogP contribution >= 0.6 is 0 Å². The van der Waals surface area contributed by atoms with E-state index in [0.29, 0.717) is 12.0 Å². The molecule has 0 bridgehead atoms. The molecule has 1 saturated heterocycles. The molecule has 2 nitrogen and oxygen atoms in total. The van der Waals surface area contributed by atoms with Gasteiger partial charge in [-0.1, -0.05) is 13.0 Å². The third-order valence-corrected chi connectivity index (χ3v) is 4.87.